The maximum absolute atomic E-state index is 13.7. The Hall–Kier alpha value is -2.17. The molecule has 0 aliphatic carbocycles. The van der Waals surface area contributed by atoms with Crippen molar-refractivity contribution in [3.05, 3.63) is 57.8 Å². The van der Waals surface area contributed by atoms with Gasteiger partial charge in [0.2, 0.25) is 0 Å². The number of ether oxygens (including phenoxy) is 1. The molecule has 1 fully saturated rings. The summed E-state index contributed by atoms with van der Waals surface area (Å²) in [4.78, 5) is 16.4. The van der Waals surface area contributed by atoms with Crippen LogP contribution in [-0.2, 0) is 17.5 Å². The molecule has 0 unspecified atom stereocenters. The van der Waals surface area contributed by atoms with E-state index in [2.05, 4.69) is 33.1 Å². The topological polar surface area (TPSA) is 44.8 Å². The molecule has 1 aliphatic heterocycles. The first-order valence-electron chi connectivity index (χ1n) is 10.2. The number of alkyl halides is 3. The summed E-state index contributed by atoms with van der Waals surface area (Å²) in [5.74, 6) is -1.07. The molecule has 5 nitrogen and oxygen atoms in total. The number of amides is 1. The lowest BCUT2D eigenvalue weighted by Gasteiger charge is -2.34. The van der Waals surface area contributed by atoms with Crippen LogP contribution in [-0.4, -0.2) is 55.0 Å². The van der Waals surface area contributed by atoms with Crippen molar-refractivity contribution in [3.8, 4) is 5.75 Å². The lowest BCUT2D eigenvalue weighted by Crippen LogP contribution is -2.45. The standard InChI is InChI=1S/C22H24BrF4N3O2/c1-2-29-7-9-30(10-8-29)13-15-3-4-16(11-18(15)22(25,26)27)28-21(31)14-32-17-5-6-19(23)20(24)12-17/h3-6,11-12H,2,7-10,13-14H2,1H3,(H,28,31). The fourth-order valence-corrected chi connectivity index (χ4v) is 3.72. The minimum Gasteiger partial charge on any atom is -0.484 e. The minimum atomic E-state index is -4.55. The first-order chi connectivity index (χ1) is 15.2. The van der Waals surface area contributed by atoms with Gasteiger partial charge < -0.3 is 15.0 Å². The van der Waals surface area contributed by atoms with Crippen LogP contribution in [0.2, 0.25) is 0 Å². The molecule has 1 heterocycles. The zero-order valence-electron chi connectivity index (χ0n) is 17.5. The van der Waals surface area contributed by atoms with E-state index in [9.17, 15) is 22.4 Å². The highest BCUT2D eigenvalue weighted by Crippen LogP contribution is 2.34. The van der Waals surface area contributed by atoms with Gasteiger partial charge in [-0.1, -0.05) is 13.0 Å². The lowest BCUT2D eigenvalue weighted by atomic mass is 10.0. The SMILES string of the molecule is CCN1CCN(Cc2ccc(NC(=O)COc3ccc(Br)c(F)c3)cc2C(F)(F)F)CC1. The number of hydrogen-bond acceptors (Lipinski definition) is 4. The van der Waals surface area contributed by atoms with Crippen LogP contribution in [0, 0.1) is 5.82 Å². The van der Waals surface area contributed by atoms with Crippen LogP contribution in [0.4, 0.5) is 23.2 Å². The van der Waals surface area contributed by atoms with Crippen LogP contribution in [0.25, 0.3) is 0 Å². The number of benzene rings is 2. The number of piperazine rings is 1. The Morgan fingerprint density at radius 2 is 1.78 bits per heavy atom. The van der Waals surface area contributed by atoms with E-state index in [1.807, 2.05) is 4.90 Å². The molecule has 0 aromatic heterocycles. The van der Waals surface area contributed by atoms with E-state index in [4.69, 9.17) is 4.74 Å². The van der Waals surface area contributed by atoms with Gasteiger partial charge in [-0.25, -0.2) is 4.39 Å². The van der Waals surface area contributed by atoms with Gasteiger partial charge in [0.05, 0.1) is 10.0 Å². The van der Waals surface area contributed by atoms with Crippen LogP contribution in [0.5, 0.6) is 5.75 Å². The Morgan fingerprint density at radius 1 is 1.09 bits per heavy atom. The van der Waals surface area contributed by atoms with E-state index in [-0.39, 0.29) is 28.0 Å². The fourth-order valence-electron chi connectivity index (χ4n) is 3.47. The van der Waals surface area contributed by atoms with Gasteiger partial charge in [0.1, 0.15) is 11.6 Å². The summed E-state index contributed by atoms with van der Waals surface area (Å²) in [7, 11) is 0. The Morgan fingerprint density at radius 3 is 2.41 bits per heavy atom. The van der Waals surface area contributed by atoms with Crippen LogP contribution in [0.15, 0.2) is 40.9 Å². The monoisotopic (exact) mass is 517 g/mol. The van der Waals surface area contributed by atoms with Crippen molar-refractivity contribution in [1.82, 2.24) is 9.80 Å². The maximum atomic E-state index is 13.7. The van der Waals surface area contributed by atoms with Crippen LogP contribution < -0.4 is 10.1 Å². The van der Waals surface area contributed by atoms with E-state index < -0.39 is 30.1 Å². The first kappa shape index (κ1) is 24.5. The van der Waals surface area contributed by atoms with Gasteiger partial charge in [-0.3, -0.25) is 9.69 Å². The average molecular weight is 518 g/mol. The van der Waals surface area contributed by atoms with Crippen LogP contribution in [0.1, 0.15) is 18.1 Å². The normalized spacial score (nSPS) is 15.6. The number of nitrogens with zero attached hydrogens (tertiary/aromatic N) is 2. The highest BCUT2D eigenvalue weighted by Gasteiger charge is 2.34. The largest absolute Gasteiger partial charge is 0.484 e. The zero-order valence-corrected chi connectivity index (χ0v) is 19.1. The summed E-state index contributed by atoms with van der Waals surface area (Å²) >= 11 is 3.01. The quantitative estimate of drug-likeness (QED) is 0.537. The molecular formula is C22H24BrF4N3O2. The molecule has 2 aromatic rings. The molecular weight excluding hydrogens is 494 g/mol. The Labute approximate surface area is 192 Å². The fraction of sp³-hybridized carbons (Fsp3) is 0.409. The number of carbonyl (C=O) groups is 1. The summed E-state index contributed by atoms with van der Waals surface area (Å²) in [6.45, 7) is 5.78. The summed E-state index contributed by atoms with van der Waals surface area (Å²) in [6.07, 6.45) is -4.55. The number of hydrogen-bond donors (Lipinski definition) is 1. The second kappa shape index (κ2) is 10.6. The van der Waals surface area contributed by atoms with Crippen molar-refractivity contribution in [3.63, 3.8) is 0 Å². The van der Waals surface area contributed by atoms with Gasteiger partial charge in [-0.2, -0.15) is 13.2 Å². The number of anilines is 1. The van der Waals surface area contributed by atoms with E-state index in [1.165, 1.54) is 24.3 Å². The zero-order chi connectivity index (χ0) is 23.3. The predicted molar refractivity (Wildman–Crippen MR) is 117 cm³/mol. The number of rotatable bonds is 7. The third-order valence-electron chi connectivity index (χ3n) is 5.27. The smallest absolute Gasteiger partial charge is 0.416 e. The molecule has 1 amide bonds. The predicted octanol–water partition coefficient (Wildman–Crippen LogP) is 4.76. The first-order valence-corrected chi connectivity index (χ1v) is 11.0. The Bertz CT molecular complexity index is 947. The highest BCUT2D eigenvalue weighted by atomic mass is 79.9. The second-order valence-corrected chi connectivity index (χ2v) is 8.35. The Kier molecular flexibility index (Phi) is 8.13. The third kappa shape index (κ3) is 6.66. The number of nitrogens with one attached hydrogen (secondary N) is 1. The molecule has 0 saturated carbocycles. The van der Waals surface area contributed by atoms with E-state index in [0.29, 0.717) is 13.1 Å². The van der Waals surface area contributed by atoms with E-state index in [1.54, 1.807) is 0 Å². The molecule has 2 aromatic carbocycles. The van der Waals surface area contributed by atoms with E-state index in [0.717, 1.165) is 31.8 Å². The van der Waals surface area contributed by atoms with E-state index >= 15 is 0 Å². The molecule has 1 aliphatic rings. The van der Waals surface area contributed by atoms with Gasteiger partial charge in [-0.05, 0) is 52.3 Å². The van der Waals surface area contributed by atoms with Crippen molar-refractivity contribution >= 4 is 27.5 Å². The number of likely N-dealkylation sites (N-methyl/N-ethyl adjacent to an activating group) is 1. The van der Waals surface area contributed by atoms with Gasteiger partial charge in [-0.15, -0.1) is 0 Å². The second-order valence-electron chi connectivity index (χ2n) is 7.49. The van der Waals surface area contributed by atoms with Crippen LogP contribution >= 0.6 is 15.9 Å². The van der Waals surface area contributed by atoms with Crippen molar-refractivity contribution in [2.24, 2.45) is 0 Å². The summed E-state index contributed by atoms with van der Waals surface area (Å²) in [5, 5.41) is 2.41. The molecule has 0 bridgehead atoms. The van der Waals surface area contributed by atoms with Gasteiger partial charge in [0.25, 0.3) is 5.91 Å². The summed E-state index contributed by atoms with van der Waals surface area (Å²) < 4.78 is 60.0. The average Bonchev–Trinajstić information content (AvgIpc) is 2.75. The molecule has 0 atom stereocenters. The third-order valence-corrected chi connectivity index (χ3v) is 5.91. The molecule has 174 valence electrons. The molecule has 0 radical (unpaired) electrons. The van der Waals surface area contributed by atoms with Crippen molar-refractivity contribution < 1.29 is 27.1 Å². The Balaban J connectivity index is 1.64. The highest BCUT2D eigenvalue weighted by molar-refractivity contribution is 9.10. The molecule has 1 saturated heterocycles. The summed E-state index contributed by atoms with van der Waals surface area (Å²) in [6, 6.07) is 7.79. The molecule has 3 rings (SSSR count). The molecule has 0 spiro atoms. The van der Waals surface area contributed by atoms with Gasteiger partial charge >= 0.3 is 6.18 Å². The van der Waals surface area contributed by atoms with Gasteiger partial charge in [0, 0.05) is 44.5 Å². The number of carbonyl (C=O) groups excluding carboxylic acids is 1. The molecule has 10 heteroatoms. The van der Waals surface area contributed by atoms with Crippen LogP contribution in [0.3, 0.4) is 0 Å². The number of halogens is 5. The minimum absolute atomic E-state index is 0.0208. The maximum Gasteiger partial charge on any atom is 0.416 e. The summed E-state index contributed by atoms with van der Waals surface area (Å²) in [5.41, 5.74) is -0.585. The van der Waals surface area contributed by atoms with Crippen molar-refractivity contribution in [1.29, 1.82) is 0 Å². The van der Waals surface area contributed by atoms with Crippen molar-refractivity contribution in [2.45, 2.75) is 19.6 Å². The van der Waals surface area contributed by atoms with Crippen molar-refractivity contribution in [2.75, 3.05) is 44.6 Å². The molecule has 1 N–H and O–H groups in total. The molecule has 32 heavy (non-hydrogen) atoms. The lowest BCUT2D eigenvalue weighted by molar-refractivity contribution is -0.138. The van der Waals surface area contributed by atoms with Gasteiger partial charge in [0.15, 0.2) is 6.61 Å².